The van der Waals surface area contributed by atoms with Gasteiger partial charge in [-0.25, -0.2) is 4.98 Å². The van der Waals surface area contributed by atoms with Gasteiger partial charge < -0.3 is 20.3 Å². The Morgan fingerprint density at radius 1 is 0.943 bits per heavy atom. The molecule has 1 aliphatic heterocycles. The van der Waals surface area contributed by atoms with E-state index in [9.17, 15) is 14.4 Å². The summed E-state index contributed by atoms with van der Waals surface area (Å²) >= 11 is 0. The molecule has 1 saturated heterocycles. The van der Waals surface area contributed by atoms with Crippen molar-refractivity contribution in [3.05, 3.63) is 53.5 Å². The van der Waals surface area contributed by atoms with Crippen LogP contribution in [0.4, 0.5) is 0 Å². The van der Waals surface area contributed by atoms with Crippen molar-refractivity contribution in [2.45, 2.75) is 44.9 Å². The lowest BCUT2D eigenvalue weighted by atomic mass is 9.87. The molecule has 35 heavy (non-hydrogen) atoms. The van der Waals surface area contributed by atoms with Gasteiger partial charge in [-0.3, -0.25) is 19.4 Å². The number of amides is 3. The quantitative estimate of drug-likeness (QED) is 0.621. The molecule has 0 radical (unpaired) electrons. The fourth-order valence-corrected chi connectivity index (χ4v) is 4.71. The van der Waals surface area contributed by atoms with Crippen molar-refractivity contribution in [2.75, 3.05) is 32.8 Å². The summed E-state index contributed by atoms with van der Waals surface area (Å²) in [7, 11) is 0. The molecular weight excluding hydrogens is 446 g/mol. The van der Waals surface area contributed by atoms with Crippen molar-refractivity contribution in [3.8, 4) is 5.88 Å². The first-order valence-electron chi connectivity index (χ1n) is 12.4. The topological polar surface area (TPSA) is 119 Å². The molecule has 2 fully saturated rings. The normalized spacial score (nSPS) is 16.7. The first kappa shape index (κ1) is 24.6. The van der Waals surface area contributed by atoms with Crippen LogP contribution in [0.2, 0.25) is 0 Å². The molecule has 3 amide bonds. The molecule has 1 aliphatic carbocycles. The zero-order valence-corrected chi connectivity index (χ0v) is 20.0. The van der Waals surface area contributed by atoms with E-state index in [-0.39, 0.29) is 18.2 Å². The summed E-state index contributed by atoms with van der Waals surface area (Å²) in [6, 6.07) is 6.62. The summed E-state index contributed by atoms with van der Waals surface area (Å²) in [5.74, 6) is 0.519. The van der Waals surface area contributed by atoms with E-state index in [1.165, 1.54) is 38.3 Å². The standard InChI is InChI=1S/C26H33N5O4/c27-25(33)21-6-7-22(29-18-21)17-24(32)30-11-13-31(14-12-30)26(34)20-8-10-28-23(16-20)35-15-9-19-4-2-1-3-5-19/h6-8,10,16,18-19H,1-5,9,11-15,17H2,(H2,27,33). The van der Waals surface area contributed by atoms with Crippen molar-refractivity contribution in [3.63, 3.8) is 0 Å². The van der Waals surface area contributed by atoms with Crippen LogP contribution in [0.25, 0.3) is 0 Å². The van der Waals surface area contributed by atoms with Gasteiger partial charge in [-0.05, 0) is 30.5 Å². The van der Waals surface area contributed by atoms with Gasteiger partial charge in [-0.2, -0.15) is 0 Å². The largest absolute Gasteiger partial charge is 0.478 e. The predicted molar refractivity (Wildman–Crippen MR) is 130 cm³/mol. The van der Waals surface area contributed by atoms with Crippen LogP contribution in [0.3, 0.4) is 0 Å². The first-order chi connectivity index (χ1) is 17.0. The number of aromatic nitrogens is 2. The van der Waals surface area contributed by atoms with Crippen molar-refractivity contribution in [1.82, 2.24) is 19.8 Å². The maximum atomic E-state index is 13.0. The number of nitrogens with zero attached hydrogens (tertiary/aromatic N) is 4. The molecule has 2 aromatic heterocycles. The Kier molecular flexibility index (Phi) is 8.28. The van der Waals surface area contributed by atoms with Crippen LogP contribution in [0.15, 0.2) is 36.7 Å². The second-order valence-corrected chi connectivity index (χ2v) is 9.28. The van der Waals surface area contributed by atoms with Crippen molar-refractivity contribution < 1.29 is 19.1 Å². The summed E-state index contributed by atoms with van der Waals surface area (Å²) in [6.07, 6.45) is 10.7. The monoisotopic (exact) mass is 479 g/mol. The Labute approximate surface area is 205 Å². The highest BCUT2D eigenvalue weighted by atomic mass is 16.5. The van der Waals surface area contributed by atoms with E-state index < -0.39 is 5.91 Å². The molecule has 9 nitrogen and oxygen atoms in total. The van der Waals surface area contributed by atoms with E-state index in [1.807, 2.05) is 0 Å². The van der Waals surface area contributed by atoms with Crippen LogP contribution in [0.1, 0.15) is 64.9 Å². The predicted octanol–water partition coefficient (Wildman–Crippen LogP) is 2.45. The molecule has 4 rings (SSSR count). The van der Waals surface area contributed by atoms with E-state index >= 15 is 0 Å². The highest BCUT2D eigenvalue weighted by Gasteiger charge is 2.25. The minimum absolute atomic E-state index is 0.0611. The van der Waals surface area contributed by atoms with Gasteiger partial charge in [0, 0.05) is 55.9 Å². The van der Waals surface area contributed by atoms with E-state index in [4.69, 9.17) is 10.5 Å². The Bertz CT molecular complexity index is 1030. The average molecular weight is 480 g/mol. The van der Waals surface area contributed by atoms with Crippen LogP contribution in [-0.4, -0.2) is 70.3 Å². The van der Waals surface area contributed by atoms with Gasteiger partial charge in [0.25, 0.3) is 5.91 Å². The van der Waals surface area contributed by atoms with E-state index in [1.54, 1.807) is 40.3 Å². The van der Waals surface area contributed by atoms with Gasteiger partial charge in [0.15, 0.2) is 0 Å². The number of piperazine rings is 1. The molecule has 2 aliphatic rings. The van der Waals surface area contributed by atoms with Crippen LogP contribution in [0.5, 0.6) is 5.88 Å². The Hall–Kier alpha value is -3.49. The number of hydrogen-bond donors (Lipinski definition) is 1. The van der Waals surface area contributed by atoms with Gasteiger partial charge in [-0.15, -0.1) is 0 Å². The zero-order valence-electron chi connectivity index (χ0n) is 20.0. The molecule has 3 heterocycles. The fourth-order valence-electron chi connectivity index (χ4n) is 4.71. The molecule has 186 valence electrons. The number of carbonyl (C=O) groups is 3. The minimum atomic E-state index is -0.552. The van der Waals surface area contributed by atoms with Gasteiger partial charge in [0.1, 0.15) is 0 Å². The van der Waals surface area contributed by atoms with Crippen molar-refractivity contribution >= 4 is 17.7 Å². The number of rotatable bonds is 8. The fraction of sp³-hybridized carbons (Fsp3) is 0.500. The van der Waals surface area contributed by atoms with E-state index in [0.717, 1.165) is 12.3 Å². The summed E-state index contributed by atoms with van der Waals surface area (Å²) in [6.45, 7) is 2.45. The lowest BCUT2D eigenvalue weighted by Gasteiger charge is -2.34. The van der Waals surface area contributed by atoms with E-state index in [0.29, 0.717) is 55.5 Å². The van der Waals surface area contributed by atoms with E-state index in [2.05, 4.69) is 9.97 Å². The number of pyridine rings is 2. The molecular formula is C26H33N5O4. The molecule has 0 atom stereocenters. The minimum Gasteiger partial charge on any atom is -0.478 e. The number of carbonyl (C=O) groups excluding carboxylic acids is 3. The third kappa shape index (κ3) is 6.77. The van der Waals surface area contributed by atoms with Crippen LogP contribution >= 0.6 is 0 Å². The number of ether oxygens (including phenoxy) is 1. The maximum absolute atomic E-state index is 13.0. The number of primary amides is 1. The highest BCUT2D eigenvalue weighted by Crippen LogP contribution is 2.26. The summed E-state index contributed by atoms with van der Waals surface area (Å²) in [4.78, 5) is 48.7. The Morgan fingerprint density at radius 3 is 2.37 bits per heavy atom. The van der Waals surface area contributed by atoms with Gasteiger partial charge in [0.2, 0.25) is 17.7 Å². The lowest BCUT2D eigenvalue weighted by Crippen LogP contribution is -2.51. The molecule has 9 heteroatoms. The highest BCUT2D eigenvalue weighted by molar-refractivity contribution is 5.94. The van der Waals surface area contributed by atoms with Gasteiger partial charge in [0.05, 0.1) is 18.6 Å². The molecule has 1 saturated carbocycles. The molecule has 2 aromatic rings. The summed E-state index contributed by atoms with van der Waals surface area (Å²) < 4.78 is 5.85. The smallest absolute Gasteiger partial charge is 0.254 e. The molecule has 0 aromatic carbocycles. The Morgan fingerprint density at radius 2 is 1.69 bits per heavy atom. The molecule has 0 spiro atoms. The molecule has 0 bridgehead atoms. The summed E-state index contributed by atoms with van der Waals surface area (Å²) in [5, 5.41) is 0. The van der Waals surface area contributed by atoms with Crippen molar-refractivity contribution in [2.24, 2.45) is 11.7 Å². The molecule has 0 unspecified atom stereocenters. The SMILES string of the molecule is NC(=O)c1ccc(CC(=O)N2CCN(C(=O)c3ccnc(OCCC4CCCCC4)c3)CC2)nc1. The third-order valence-corrected chi connectivity index (χ3v) is 6.84. The zero-order chi connectivity index (χ0) is 24.6. The van der Waals surface area contributed by atoms with Crippen molar-refractivity contribution in [1.29, 1.82) is 0 Å². The van der Waals surface area contributed by atoms with Crippen LogP contribution in [0, 0.1) is 5.92 Å². The Balaban J connectivity index is 1.24. The second kappa shape index (κ2) is 11.8. The third-order valence-electron chi connectivity index (χ3n) is 6.84. The first-order valence-corrected chi connectivity index (χ1v) is 12.4. The molecule has 2 N–H and O–H groups in total. The van der Waals surface area contributed by atoms with Gasteiger partial charge >= 0.3 is 0 Å². The second-order valence-electron chi connectivity index (χ2n) is 9.28. The van der Waals surface area contributed by atoms with Crippen LogP contribution < -0.4 is 10.5 Å². The lowest BCUT2D eigenvalue weighted by molar-refractivity contribution is -0.132. The average Bonchev–Trinajstić information content (AvgIpc) is 2.89. The number of nitrogens with two attached hydrogens (primary N) is 1. The van der Waals surface area contributed by atoms with Crippen LogP contribution in [-0.2, 0) is 11.2 Å². The summed E-state index contributed by atoms with van der Waals surface area (Å²) in [5.41, 5.74) is 6.65. The van der Waals surface area contributed by atoms with Gasteiger partial charge in [-0.1, -0.05) is 32.1 Å². The maximum Gasteiger partial charge on any atom is 0.254 e. The number of hydrogen-bond acceptors (Lipinski definition) is 6.